The van der Waals surface area contributed by atoms with Crippen LogP contribution in [0.2, 0.25) is 0 Å². The average Bonchev–Trinajstić information content (AvgIpc) is 2.67. The molecule has 0 amide bonds. The van der Waals surface area contributed by atoms with Crippen LogP contribution in [-0.4, -0.2) is 12.2 Å². The second-order valence-corrected chi connectivity index (χ2v) is 6.99. The topological polar surface area (TPSA) is 24.8 Å². The number of rotatable bonds is 4. The Morgan fingerprint density at radius 1 is 0.846 bits per heavy atom. The first-order valence-electron chi connectivity index (χ1n) is 8.45. The quantitative estimate of drug-likeness (QED) is 0.552. The Hall–Kier alpha value is -2.72. The van der Waals surface area contributed by atoms with Gasteiger partial charge in [0.25, 0.3) is 0 Å². The van der Waals surface area contributed by atoms with Gasteiger partial charge < -0.3 is 4.74 Å². The molecule has 1 heterocycles. The Balaban J connectivity index is 1.66. The summed E-state index contributed by atoms with van der Waals surface area (Å²) in [6.07, 6.45) is 0. The molecule has 3 aromatic rings. The van der Waals surface area contributed by atoms with Gasteiger partial charge in [0.2, 0.25) is 0 Å². The molecule has 4 rings (SSSR count). The highest BCUT2D eigenvalue weighted by Crippen LogP contribution is 2.46. The second-order valence-electron chi connectivity index (χ2n) is 6.05. The van der Waals surface area contributed by atoms with Crippen LogP contribution in [0.15, 0.2) is 83.9 Å². The lowest BCUT2D eigenvalue weighted by molar-refractivity contribution is 0.415. The number of ether oxygens (including phenoxy) is 1. The zero-order chi connectivity index (χ0) is 17.9. The van der Waals surface area contributed by atoms with Gasteiger partial charge in [-0.2, -0.15) is 0 Å². The summed E-state index contributed by atoms with van der Waals surface area (Å²) in [6, 6.07) is 27.9. The predicted molar refractivity (Wildman–Crippen MR) is 110 cm³/mol. The first kappa shape index (κ1) is 16.7. The fourth-order valence-electron chi connectivity index (χ4n) is 2.77. The fraction of sp³-hybridized carbons (Fsp3) is 0.0909. The smallest absolute Gasteiger partial charge is 0.161 e. The Morgan fingerprint density at radius 3 is 2.19 bits per heavy atom. The van der Waals surface area contributed by atoms with Crippen LogP contribution < -0.4 is 9.04 Å². The number of aryl methyl sites for hydroxylation is 1. The van der Waals surface area contributed by atoms with E-state index in [1.54, 1.807) is 19.1 Å². The molecule has 1 saturated heterocycles. The molecule has 3 aromatic carbocycles. The molecule has 1 fully saturated rings. The van der Waals surface area contributed by atoms with E-state index in [-0.39, 0.29) is 0 Å². The zero-order valence-electron chi connectivity index (χ0n) is 14.7. The molecule has 0 atom stereocenters. The largest absolute Gasteiger partial charge is 0.497 e. The van der Waals surface area contributed by atoms with Crippen LogP contribution in [0, 0.1) is 13.0 Å². The van der Waals surface area contributed by atoms with E-state index in [1.807, 2.05) is 30.3 Å². The summed E-state index contributed by atoms with van der Waals surface area (Å²) in [6.45, 7) is 2.10. The summed E-state index contributed by atoms with van der Waals surface area (Å²) in [7, 11) is 1.67. The van der Waals surface area contributed by atoms with Crippen molar-refractivity contribution in [2.24, 2.45) is 4.99 Å². The SMILES string of the molecule is COc1ccc(N=C2SN(c3ccc(C)cc3)[C]2c2ccccc2)cc1. The van der Waals surface area contributed by atoms with E-state index in [0.29, 0.717) is 0 Å². The summed E-state index contributed by atoms with van der Waals surface area (Å²) >= 11 is 1.66. The van der Waals surface area contributed by atoms with Crippen LogP contribution >= 0.6 is 11.9 Å². The van der Waals surface area contributed by atoms with Crippen molar-refractivity contribution >= 4 is 28.4 Å². The molecule has 129 valence electrons. The minimum Gasteiger partial charge on any atom is -0.497 e. The summed E-state index contributed by atoms with van der Waals surface area (Å²) in [5, 5.41) is 1.02. The molecule has 1 radical (unpaired) electrons. The zero-order valence-corrected chi connectivity index (χ0v) is 15.5. The van der Waals surface area contributed by atoms with Crippen molar-refractivity contribution in [1.82, 2.24) is 0 Å². The maximum Gasteiger partial charge on any atom is 0.161 e. The molecule has 0 aromatic heterocycles. The molecular formula is C22H19N2OS. The first-order valence-corrected chi connectivity index (χ1v) is 9.22. The van der Waals surface area contributed by atoms with Crippen LogP contribution in [0.1, 0.15) is 11.1 Å². The van der Waals surface area contributed by atoms with Crippen molar-refractivity contribution in [3.8, 4) is 5.75 Å². The van der Waals surface area contributed by atoms with Crippen LogP contribution in [0.3, 0.4) is 0 Å². The highest BCUT2D eigenvalue weighted by Gasteiger charge is 2.39. The molecule has 1 aliphatic heterocycles. The van der Waals surface area contributed by atoms with Gasteiger partial charge in [0, 0.05) is 17.6 Å². The number of hydrogen-bond donors (Lipinski definition) is 0. The maximum atomic E-state index is 5.22. The maximum absolute atomic E-state index is 5.22. The highest BCUT2D eigenvalue weighted by atomic mass is 32.2. The van der Waals surface area contributed by atoms with Crippen molar-refractivity contribution in [1.29, 1.82) is 0 Å². The number of methoxy groups -OCH3 is 1. The lowest BCUT2D eigenvalue weighted by atomic mass is 10.1. The lowest BCUT2D eigenvalue weighted by Crippen LogP contribution is -2.40. The van der Waals surface area contributed by atoms with Gasteiger partial charge in [-0.15, -0.1) is 0 Å². The molecule has 0 N–H and O–H groups in total. The van der Waals surface area contributed by atoms with Crippen molar-refractivity contribution in [3.05, 3.63) is 96.0 Å². The van der Waals surface area contributed by atoms with Gasteiger partial charge in [0.05, 0.1) is 12.8 Å². The van der Waals surface area contributed by atoms with E-state index in [9.17, 15) is 0 Å². The Labute approximate surface area is 158 Å². The third-order valence-electron chi connectivity index (χ3n) is 4.20. The van der Waals surface area contributed by atoms with Gasteiger partial charge in [-0.3, -0.25) is 4.31 Å². The normalized spacial score (nSPS) is 15.8. The third kappa shape index (κ3) is 3.33. The van der Waals surface area contributed by atoms with Crippen molar-refractivity contribution in [2.45, 2.75) is 6.92 Å². The van der Waals surface area contributed by atoms with Crippen LogP contribution in [0.25, 0.3) is 0 Å². The number of nitrogens with zero attached hydrogens (tertiary/aromatic N) is 2. The summed E-state index contributed by atoms with van der Waals surface area (Å²) in [4.78, 5) is 4.84. The average molecular weight is 359 g/mol. The lowest BCUT2D eigenvalue weighted by Gasteiger charge is -2.41. The fourth-order valence-corrected chi connectivity index (χ4v) is 3.76. The number of anilines is 1. The van der Waals surface area contributed by atoms with E-state index in [2.05, 4.69) is 59.8 Å². The Kier molecular flexibility index (Phi) is 4.67. The van der Waals surface area contributed by atoms with E-state index in [0.717, 1.165) is 28.2 Å². The second kappa shape index (κ2) is 7.26. The predicted octanol–water partition coefficient (Wildman–Crippen LogP) is 5.78. The Morgan fingerprint density at radius 2 is 1.54 bits per heavy atom. The third-order valence-corrected chi connectivity index (χ3v) is 5.24. The van der Waals surface area contributed by atoms with E-state index in [1.165, 1.54) is 11.1 Å². The van der Waals surface area contributed by atoms with Crippen LogP contribution in [-0.2, 0) is 0 Å². The monoisotopic (exact) mass is 359 g/mol. The van der Waals surface area contributed by atoms with Gasteiger partial charge in [-0.25, -0.2) is 4.99 Å². The Bertz CT molecular complexity index is 905. The van der Waals surface area contributed by atoms with Gasteiger partial charge in [0.1, 0.15) is 10.8 Å². The van der Waals surface area contributed by atoms with Gasteiger partial charge in [-0.1, -0.05) is 48.0 Å². The van der Waals surface area contributed by atoms with E-state index in [4.69, 9.17) is 9.73 Å². The summed E-state index contributed by atoms with van der Waals surface area (Å²) in [5.74, 6) is 0.837. The minimum atomic E-state index is 0.837. The summed E-state index contributed by atoms with van der Waals surface area (Å²) in [5.41, 5.74) is 4.50. The minimum absolute atomic E-state index is 0.837. The number of benzene rings is 3. The van der Waals surface area contributed by atoms with Gasteiger partial charge in [0.15, 0.2) is 6.04 Å². The number of aliphatic imine (C=N–C) groups is 1. The van der Waals surface area contributed by atoms with Crippen LogP contribution in [0.4, 0.5) is 11.4 Å². The van der Waals surface area contributed by atoms with E-state index < -0.39 is 0 Å². The molecule has 0 spiro atoms. The standard InChI is InChI=1S/C22H19N2OS/c1-16-8-12-19(13-9-16)24-21(17-6-4-3-5-7-17)22(26-24)23-18-10-14-20(25-2)15-11-18/h3-15H,1-2H3. The molecule has 0 bridgehead atoms. The first-order chi connectivity index (χ1) is 12.7. The molecule has 1 aliphatic rings. The van der Waals surface area contributed by atoms with E-state index >= 15 is 0 Å². The molecule has 0 aliphatic carbocycles. The van der Waals surface area contributed by atoms with Crippen LogP contribution in [0.5, 0.6) is 5.75 Å². The highest BCUT2D eigenvalue weighted by molar-refractivity contribution is 8.18. The molecule has 3 nitrogen and oxygen atoms in total. The molecular weight excluding hydrogens is 340 g/mol. The van der Waals surface area contributed by atoms with Gasteiger partial charge >= 0.3 is 0 Å². The molecule has 4 heteroatoms. The molecule has 0 unspecified atom stereocenters. The van der Waals surface area contributed by atoms with Crippen molar-refractivity contribution < 1.29 is 4.74 Å². The van der Waals surface area contributed by atoms with Crippen molar-refractivity contribution in [3.63, 3.8) is 0 Å². The number of hydrogen-bond acceptors (Lipinski definition) is 4. The summed E-state index contributed by atoms with van der Waals surface area (Å²) < 4.78 is 7.46. The van der Waals surface area contributed by atoms with Crippen molar-refractivity contribution in [2.75, 3.05) is 11.4 Å². The van der Waals surface area contributed by atoms with Gasteiger partial charge in [-0.05, 0) is 48.9 Å². The molecule has 0 saturated carbocycles. The molecule has 26 heavy (non-hydrogen) atoms.